The van der Waals surface area contributed by atoms with Crippen LogP contribution >= 0.6 is 0 Å². The van der Waals surface area contributed by atoms with E-state index in [0.29, 0.717) is 12.8 Å². The molecule has 2 rings (SSSR count). The fourth-order valence-electron chi connectivity index (χ4n) is 5.14. The molecule has 0 radical (unpaired) electrons. The summed E-state index contributed by atoms with van der Waals surface area (Å²) < 4.78 is 78.7. The predicted octanol–water partition coefficient (Wildman–Crippen LogP) is 4.19. The molecule has 1 aliphatic heterocycles. The molecule has 0 bridgehead atoms. The van der Waals surface area contributed by atoms with Crippen molar-refractivity contribution in [2.45, 2.75) is 84.0 Å². The molecule has 0 aromatic heterocycles. The molecule has 0 saturated carbocycles. The van der Waals surface area contributed by atoms with E-state index in [-0.39, 0.29) is 17.7 Å². The van der Waals surface area contributed by atoms with Gasteiger partial charge in [0.15, 0.2) is 0 Å². The molecule has 41 heavy (non-hydrogen) atoms. The Balaban J connectivity index is 2.31. The predicted molar refractivity (Wildman–Crippen MR) is 140 cm³/mol. The average molecular weight is 594 g/mol. The van der Waals surface area contributed by atoms with Gasteiger partial charge in [-0.3, -0.25) is 19.3 Å². The van der Waals surface area contributed by atoms with Crippen molar-refractivity contribution in [3.05, 3.63) is 29.1 Å². The Morgan fingerprint density at radius 1 is 1.02 bits per heavy atom. The first-order chi connectivity index (χ1) is 19.0. The molecule has 1 aliphatic rings. The number of hydrogen-bond acceptors (Lipinski definition) is 6. The minimum Gasteiger partial charge on any atom is -0.420 e. The topological polar surface area (TPSA) is 88.2 Å². The van der Waals surface area contributed by atoms with Gasteiger partial charge < -0.3 is 19.7 Å². The minimum absolute atomic E-state index is 0.280. The van der Waals surface area contributed by atoms with Gasteiger partial charge >= 0.3 is 5.97 Å². The third-order valence-electron chi connectivity index (χ3n) is 8.17. The zero-order chi connectivity index (χ0) is 31.4. The number of nitrogens with zero attached hydrogens (tertiary/aromatic N) is 2. The maximum atomic E-state index is 14.1. The van der Waals surface area contributed by atoms with Crippen LogP contribution in [0.1, 0.15) is 60.3 Å². The molecule has 1 saturated heterocycles. The van der Waals surface area contributed by atoms with E-state index >= 15 is 0 Å². The molecule has 232 valence electrons. The summed E-state index contributed by atoms with van der Waals surface area (Å²) in [6.45, 7) is 9.77. The number of hydrogen-bond donors (Lipinski definition) is 1. The number of methoxy groups -OCH3 is 1. The Bertz CT molecular complexity index is 1110. The monoisotopic (exact) mass is 593 g/mol. The van der Waals surface area contributed by atoms with E-state index in [2.05, 4.69) is 10.1 Å². The molecule has 1 aromatic rings. The molecule has 5 atom stereocenters. The van der Waals surface area contributed by atoms with Gasteiger partial charge in [0.25, 0.3) is 0 Å². The summed E-state index contributed by atoms with van der Waals surface area (Å²) in [4.78, 5) is 43.0. The summed E-state index contributed by atoms with van der Waals surface area (Å²) in [5.74, 6) is -15.8. The van der Waals surface area contributed by atoms with E-state index in [4.69, 9.17) is 4.74 Å². The number of rotatable bonds is 12. The number of likely N-dealkylation sites (tertiary alicyclic amines) is 1. The Labute approximate surface area is 237 Å². The number of ether oxygens (including phenoxy) is 2. The highest BCUT2D eigenvalue weighted by Crippen LogP contribution is 2.31. The van der Waals surface area contributed by atoms with Gasteiger partial charge in [-0.15, -0.1) is 0 Å². The fraction of sp³-hybridized carbons (Fsp3) is 0.679. The summed E-state index contributed by atoms with van der Waals surface area (Å²) in [6.07, 6.45) is 0.236. The second-order valence-electron chi connectivity index (χ2n) is 11.2. The van der Waals surface area contributed by atoms with Crippen molar-refractivity contribution in [2.75, 3.05) is 27.7 Å². The number of carbonyl (C=O) groups is 3. The van der Waals surface area contributed by atoms with Crippen LogP contribution in [0.2, 0.25) is 0 Å². The second-order valence-corrected chi connectivity index (χ2v) is 11.2. The quantitative estimate of drug-likeness (QED) is 0.129. The van der Waals surface area contributed by atoms with Crippen LogP contribution in [0.15, 0.2) is 0 Å². The van der Waals surface area contributed by atoms with Crippen molar-refractivity contribution in [2.24, 2.45) is 11.8 Å². The third-order valence-corrected chi connectivity index (χ3v) is 8.17. The summed E-state index contributed by atoms with van der Waals surface area (Å²) >= 11 is 0. The van der Waals surface area contributed by atoms with Gasteiger partial charge in [-0.1, -0.05) is 34.1 Å². The molecular formula is C28H40F5N3O5. The van der Waals surface area contributed by atoms with E-state index in [9.17, 15) is 36.3 Å². The van der Waals surface area contributed by atoms with Crippen LogP contribution in [0.3, 0.4) is 0 Å². The van der Waals surface area contributed by atoms with E-state index in [0.717, 1.165) is 13.0 Å². The van der Waals surface area contributed by atoms with Crippen LogP contribution in [0.4, 0.5) is 22.0 Å². The van der Waals surface area contributed by atoms with E-state index in [1.54, 1.807) is 20.8 Å². The Kier molecular flexibility index (Phi) is 11.7. The average Bonchev–Trinajstić information content (AvgIpc) is 3.28. The first-order valence-corrected chi connectivity index (χ1v) is 13.6. The highest BCUT2D eigenvalue weighted by molar-refractivity contribution is 5.92. The molecule has 8 nitrogen and oxygen atoms in total. The van der Waals surface area contributed by atoms with Gasteiger partial charge in [0.05, 0.1) is 24.1 Å². The first kappa shape index (κ1) is 34.4. The third kappa shape index (κ3) is 7.17. The highest BCUT2D eigenvalue weighted by Gasteiger charge is 2.44. The van der Waals surface area contributed by atoms with Gasteiger partial charge in [0.2, 0.25) is 46.6 Å². The number of likely N-dealkylation sites (N-methyl/N-ethyl adjacent to an activating group) is 2. The van der Waals surface area contributed by atoms with Gasteiger partial charge in [-0.2, -0.15) is 8.78 Å². The van der Waals surface area contributed by atoms with Crippen LogP contribution in [-0.2, 0) is 19.1 Å². The molecule has 1 fully saturated rings. The molecule has 1 aromatic carbocycles. The number of amides is 2. The zero-order valence-electron chi connectivity index (χ0n) is 24.7. The largest absolute Gasteiger partial charge is 0.420 e. The highest BCUT2D eigenvalue weighted by atomic mass is 19.2. The molecule has 0 spiro atoms. The molecular weight excluding hydrogens is 553 g/mol. The first-order valence-electron chi connectivity index (χ1n) is 13.6. The van der Waals surface area contributed by atoms with Crippen LogP contribution in [-0.4, -0.2) is 79.1 Å². The van der Waals surface area contributed by atoms with Crippen molar-refractivity contribution in [1.29, 1.82) is 0 Å². The normalized spacial score (nSPS) is 20.4. The molecule has 2 amide bonds. The summed E-state index contributed by atoms with van der Waals surface area (Å²) in [6, 6.07) is -1.70. The van der Waals surface area contributed by atoms with Crippen molar-refractivity contribution in [3.63, 3.8) is 0 Å². The van der Waals surface area contributed by atoms with Crippen molar-refractivity contribution < 1.29 is 45.8 Å². The maximum absolute atomic E-state index is 14.1. The fourth-order valence-corrected chi connectivity index (χ4v) is 5.14. The van der Waals surface area contributed by atoms with Crippen LogP contribution < -0.4 is 10.1 Å². The Hall–Kier alpha value is -2.80. The van der Waals surface area contributed by atoms with E-state index in [1.165, 1.54) is 19.1 Å². The lowest BCUT2D eigenvalue weighted by Crippen LogP contribution is -2.61. The van der Waals surface area contributed by atoms with E-state index < -0.39 is 76.9 Å². The lowest BCUT2D eigenvalue weighted by Gasteiger charge is -2.40. The van der Waals surface area contributed by atoms with Crippen molar-refractivity contribution in [1.82, 2.24) is 15.1 Å². The van der Waals surface area contributed by atoms with Crippen LogP contribution in [0.25, 0.3) is 0 Å². The summed E-state index contributed by atoms with van der Waals surface area (Å²) in [5.41, 5.74) is -0.773. The lowest BCUT2D eigenvalue weighted by atomic mass is 9.89. The van der Waals surface area contributed by atoms with Crippen molar-refractivity contribution >= 4 is 17.8 Å². The summed E-state index contributed by atoms with van der Waals surface area (Å²) in [5, 5.41) is 2.89. The Morgan fingerprint density at radius 3 is 2.00 bits per heavy atom. The van der Waals surface area contributed by atoms with Gasteiger partial charge in [0.1, 0.15) is 6.04 Å². The number of benzene rings is 1. The maximum Gasteiger partial charge on any atom is 0.314 e. The molecule has 13 heteroatoms. The van der Waals surface area contributed by atoms with Gasteiger partial charge in [-0.25, -0.2) is 13.2 Å². The molecule has 0 aliphatic carbocycles. The van der Waals surface area contributed by atoms with Crippen molar-refractivity contribution in [3.8, 4) is 5.75 Å². The minimum atomic E-state index is -2.38. The number of nitrogens with one attached hydrogen (secondary N) is 1. The smallest absolute Gasteiger partial charge is 0.314 e. The number of esters is 1. The van der Waals surface area contributed by atoms with Gasteiger partial charge in [-0.05, 0) is 45.2 Å². The Morgan fingerprint density at radius 2 is 1.56 bits per heavy atom. The second kappa shape index (κ2) is 13.9. The lowest BCUT2D eigenvalue weighted by molar-refractivity contribution is -0.147. The standard InChI is InChI=1S/C28H40F5N3O5/c1-9-15(4)24(16(40-8)13-17(37)41-25-21(32)19(30)18(29)20(31)22(25)33)36(7)26(38)23(14(2)3)34-27(39)28(5)11-10-12-35(28)6/h14-16,23-24H,9-13H2,1-8H3,(H,34,39)/t15-,16+,23-,24-,28+/m0/s1. The number of halogens is 5. The summed E-state index contributed by atoms with van der Waals surface area (Å²) in [7, 11) is 4.59. The van der Waals surface area contributed by atoms with Gasteiger partial charge in [0, 0.05) is 14.2 Å². The molecule has 1 N–H and O–H groups in total. The zero-order valence-corrected chi connectivity index (χ0v) is 24.7. The molecule has 0 unspecified atom stereocenters. The van der Waals surface area contributed by atoms with E-state index in [1.807, 2.05) is 25.8 Å². The van der Waals surface area contributed by atoms with Crippen LogP contribution in [0.5, 0.6) is 5.75 Å². The molecule has 1 heterocycles. The van der Waals surface area contributed by atoms with Crippen LogP contribution in [0, 0.1) is 40.9 Å². The number of carbonyl (C=O) groups excluding carboxylic acids is 3. The SMILES string of the molecule is CC[C@H](C)[C@@H]([C@@H](CC(=O)Oc1c(F)c(F)c(F)c(F)c1F)OC)N(C)C(=O)[C@@H](NC(=O)[C@@]1(C)CCCN1C)C(C)C.